The number of nitrogens with one attached hydrogen (secondary N) is 1. The molecule has 198 valence electrons. The Morgan fingerprint density at radius 2 is 0.952 bits per heavy atom. The van der Waals surface area contributed by atoms with E-state index in [2.05, 4.69) is 17.1 Å². The number of hydrogen-bond donors (Lipinski definition) is 2. The first-order valence-corrected chi connectivity index (χ1v) is 13.6. The lowest BCUT2D eigenvalue weighted by Gasteiger charge is -1.98. The molecule has 0 saturated carbocycles. The Kier molecular flexibility index (Phi) is 4.50. The van der Waals surface area contributed by atoms with Gasteiger partial charge >= 0.3 is 0 Å². The van der Waals surface area contributed by atoms with Crippen LogP contribution in [0.3, 0.4) is 0 Å². The van der Waals surface area contributed by atoms with Crippen LogP contribution in [-0.2, 0) is 7.05 Å². The van der Waals surface area contributed by atoms with Crippen molar-refractivity contribution in [3.05, 3.63) is 91.0 Å². The van der Waals surface area contributed by atoms with Gasteiger partial charge in [0.25, 0.3) is 0 Å². The number of benzene rings is 4. The molecule has 0 radical (unpaired) electrons. The lowest BCUT2D eigenvalue weighted by atomic mass is 10.1. The first-order chi connectivity index (χ1) is 20.6. The molecule has 7 aromatic rings. The number of aromatic amines is 1. The standard InChI is InChI=1S/C33H21N9/c1-42-32-21-13-6-7-14-22(21)33(42)41-29-20-12-5-3-10-18(20)27(36-29)38-31-25-23(15-8-16-24(25)34)30(39-31)37-26-17-9-2-4-11-19(17)28(35-26)40-32/h2-16H,34H2,1H3,(H,35,36,37,38,39,40,41). The second kappa shape index (κ2) is 8.28. The number of H-pyrrole nitrogens is 1. The van der Waals surface area contributed by atoms with Crippen LogP contribution < -0.4 is 5.73 Å². The summed E-state index contributed by atoms with van der Waals surface area (Å²) < 4.78 is 2.00. The van der Waals surface area contributed by atoms with Gasteiger partial charge in [0.15, 0.2) is 23.3 Å². The van der Waals surface area contributed by atoms with E-state index in [4.69, 9.17) is 35.6 Å². The topological polar surface area (TPSA) is 124 Å². The highest BCUT2D eigenvalue weighted by Crippen LogP contribution is 2.37. The van der Waals surface area contributed by atoms with Gasteiger partial charge in [0.1, 0.15) is 22.6 Å². The highest BCUT2D eigenvalue weighted by Gasteiger charge is 2.22. The lowest BCUT2D eigenvalue weighted by Crippen LogP contribution is -1.92. The summed E-state index contributed by atoms with van der Waals surface area (Å²) in [5.41, 5.74) is 13.4. The Morgan fingerprint density at radius 3 is 1.50 bits per heavy atom. The van der Waals surface area contributed by atoms with E-state index in [1.807, 2.05) is 90.5 Å². The van der Waals surface area contributed by atoms with Gasteiger partial charge < -0.3 is 15.3 Å². The molecule has 0 amide bonds. The van der Waals surface area contributed by atoms with Gasteiger partial charge in [0.05, 0.1) is 5.39 Å². The summed E-state index contributed by atoms with van der Waals surface area (Å²) in [5, 5.41) is 3.58. The van der Waals surface area contributed by atoms with Crippen molar-refractivity contribution in [3.63, 3.8) is 0 Å². The van der Waals surface area contributed by atoms with E-state index in [0.717, 1.165) is 55.1 Å². The molecule has 9 rings (SSSR count). The fraction of sp³-hybridized carbons (Fsp3) is 0.0303. The zero-order chi connectivity index (χ0) is 27.9. The van der Waals surface area contributed by atoms with Gasteiger partial charge in [-0.05, 0) is 6.07 Å². The Bertz CT molecular complexity index is 2450. The fourth-order valence-corrected chi connectivity index (χ4v) is 5.99. The van der Waals surface area contributed by atoms with E-state index in [0.29, 0.717) is 40.3 Å². The van der Waals surface area contributed by atoms with Crippen molar-refractivity contribution in [2.75, 3.05) is 5.73 Å². The summed E-state index contributed by atoms with van der Waals surface area (Å²) in [7, 11) is 1.98. The Balaban J connectivity index is 1.54. The third-order valence-electron chi connectivity index (χ3n) is 7.97. The molecular formula is C33H21N9. The normalized spacial score (nSPS) is 12.0. The van der Waals surface area contributed by atoms with Crippen molar-refractivity contribution in [2.24, 2.45) is 7.05 Å². The molecule has 2 aliphatic rings. The lowest BCUT2D eigenvalue weighted by molar-refractivity contribution is 0.967. The highest BCUT2D eigenvalue weighted by molar-refractivity contribution is 6.11. The molecule has 5 heterocycles. The van der Waals surface area contributed by atoms with Gasteiger partial charge in [-0.1, -0.05) is 84.9 Å². The second-order valence-corrected chi connectivity index (χ2v) is 10.4. The maximum absolute atomic E-state index is 6.51. The SMILES string of the molecule is Cn1c2nc3nc(nc4[nH]c(nc5nc(nc1c1ccccc12)-c1ccccc1-5)c1c(N)cccc41)-c1ccccc1-3. The summed E-state index contributed by atoms with van der Waals surface area (Å²) in [6.45, 7) is 0. The van der Waals surface area contributed by atoms with Gasteiger partial charge in [-0.3, -0.25) is 0 Å². The Morgan fingerprint density at radius 1 is 0.500 bits per heavy atom. The number of rotatable bonds is 0. The van der Waals surface area contributed by atoms with Gasteiger partial charge in [-0.25, -0.2) is 29.9 Å². The molecule has 3 N–H and O–H groups in total. The zero-order valence-corrected chi connectivity index (χ0v) is 22.4. The van der Waals surface area contributed by atoms with Crippen LogP contribution in [0.1, 0.15) is 0 Å². The fourth-order valence-electron chi connectivity index (χ4n) is 5.99. The van der Waals surface area contributed by atoms with Crippen LogP contribution in [0.2, 0.25) is 0 Å². The van der Waals surface area contributed by atoms with Gasteiger partial charge in [0.2, 0.25) is 0 Å². The van der Waals surface area contributed by atoms with Crippen molar-refractivity contribution in [1.29, 1.82) is 0 Å². The van der Waals surface area contributed by atoms with Crippen LogP contribution in [0.4, 0.5) is 5.69 Å². The predicted molar refractivity (Wildman–Crippen MR) is 165 cm³/mol. The number of nitrogens with zero attached hydrogens (tertiary/aromatic N) is 7. The van der Waals surface area contributed by atoms with E-state index in [-0.39, 0.29) is 0 Å². The van der Waals surface area contributed by atoms with E-state index in [1.54, 1.807) is 0 Å². The third-order valence-corrected chi connectivity index (χ3v) is 7.97. The average molecular weight is 544 g/mol. The van der Waals surface area contributed by atoms with Gasteiger partial charge in [0, 0.05) is 51.1 Å². The Labute approximate surface area is 238 Å². The molecule has 0 spiro atoms. The smallest absolute Gasteiger partial charge is 0.164 e. The first-order valence-electron chi connectivity index (χ1n) is 13.6. The molecule has 8 bridgehead atoms. The number of aromatic nitrogens is 8. The molecule has 0 atom stereocenters. The molecule has 3 aromatic heterocycles. The first kappa shape index (κ1) is 22.8. The number of anilines is 1. The van der Waals surface area contributed by atoms with Crippen molar-refractivity contribution >= 4 is 49.8 Å². The van der Waals surface area contributed by atoms with Crippen molar-refractivity contribution in [1.82, 2.24) is 39.5 Å². The monoisotopic (exact) mass is 543 g/mol. The van der Waals surface area contributed by atoms with Crippen LogP contribution in [0.5, 0.6) is 0 Å². The summed E-state index contributed by atoms with van der Waals surface area (Å²) in [4.78, 5) is 33.6. The molecule has 0 fully saturated rings. The predicted octanol–water partition coefficient (Wildman–Crippen LogP) is 6.46. The summed E-state index contributed by atoms with van der Waals surface area (Å²) in [5.74, 6) is 2.30. The second-order valence-electron chi connectivity index (χ2n) is 10.4. The third kappa shape index (κ3) is 3.13. The number of aryl methyl sites for hydroxylation is 1. The maximum atomic E-state index is 6.51. The van der Waals surface area contributed by atoms with Crippen LogP contribution in [0, 0.1) is 0 Å². The molecular weight excluding hydrogens is 522 g/mol. The van der Waals surface area contributed by atoms with Crippen molar-refractivity contribution in [3.8, 4) is 45.6 Å². The maximum Gasteiger partial charge on any atom is 0.164 e. The molecule has 0 unspecified atom stereocenters. The van der Waals surface area contributed by atoms with Crippen LogP contribution in [0.15, 0.2) is 91.0 Å². The highest BCUT2D eigenvalue weighted by atomic mass is 15.1. The van der Waals surface area contributed by atoms with E-state index in [9.17, 15) is 0 Å². The van der Waals surface area contributed by atoms with Crippen LogP contribution in [-0.4, -0.2) is 39.5 Å². The van der Waals surface area contributed by atoms with Crippen molar-refractivity contribution in [2.45, 2.75) is 0 Å². The summed E-state index contributed by atoms with van der Waals surface area (Å²) in [6.07, 6.45) is 0. The molecule has 4 aromatic carbocycles. The molecule has 9 heteroatoms. The van der Waals surface area contributed by atoms with E-state index in [1.165, 1.54) is 0 Å². The molecule has 42 heavy (non-hydrogen) atoms. The van der Waals surface area contributed by atoms with Crippen LogP contribution in [0.25, 0.3) is 89.7 Å². The molecule has 0 aliphatic carbocycles. The van der Waals surface area contributed by atoms with Gasteiger partial charge in [-0.15, -0.1) is 0 Å². The van der Waals surface area contributed by atoms with Crippen LogP contribution >= 0.6 is 0 Å². The zero-order valence-electron chi connectivity index (χ0n) is 22.4. The minimum absolute atomic E-state index is 0.553. The number of fused-ring (bicyclic) bond motifs is 20. The quantitative estimate of drug-likeness (QED) is 0.210. The average Bonchev–Trinajstić information content (AvgIpc) is 3.72. The molecule has 9 nitrogen and oxygen atoms in total. The van der Waals surface area contributed by atoms with Crippen molar-refractivity contribution < 1.29 is 0 Å². The van der Waals surface area contributed by atoms with E-state index >= 15 is 0 Å². The largest absolute Gasteiger partial charge is 0.398 e. The number of nitrogens with two attached hydrogens (primary N) is 1. The number of hydrogen-bond acceptors (Lipinski definition) is 7. The van der Waals surface area contributed by atoms with E-state index < -0.39 is 0 Å². The minimum atomic E-state index is 0.553. The Hall–Kier alpha value is -5.96. The molecule has 2 aliphatic heterocycles. The molecule has 0 saturated heterocycles. The summed E-state index contributed by atoms with van der Waals surface area (Å²) >= 11 is 0. The summed E-state index contributed by atoms with van der Waals surface area (Å²) in [6, 6.07) is 29.9. The number of nitrogen functional groups attached to an aromatic ring is 1. The van der Waals surface area contributed by atoms with Gasteiger partial charge in [-0.2, -0.15) is 0 Å². The minimum Gasteiger partial charge on any atom is -0.398 e.